The monoisotopic (exact) mass is 606 g/mol. The van der Waals surface area contributed by atoms with E-state index >= 15 is 0 Å². The molecule has 3 aliphatic rings. The molecule has 1 aliphatic carbocycles. The number of nitrogens with one attached hydrogen (secondary N) is 2. The summed E-state index contributed by atoms with van der Waals surface area (Å²) in [7, 11) is 0. The Morgan fingerprint density at radius 2 is 1.80 bits per heavy atom. The predicted octanol–water partition coefficient (Wildman–Crippen LogP) is 5.72. The number of carbonyl (C=O) groups excluding carboxylic acids is 2. The van der Waals surface area contributed by atoms with Crippen LogP contribution in [0.25, 0.3) is 0 Å². The first kappa shape index (κ1) is 32.0. The largest absolute Gasteiger partial charge is 0.465 e. The van der Waals surface area contributed by atoms with Crippen LogP contribution in [-0.4, -0.2) is 65.3 Å². The number of carbonyl (C=O) groups is 2. The summed E-state index contributed by atoms with van der Waals surface area (Å²) < 4.78 is 11.3. The minimum atomic E-state index is -0.697. The first-order chi connectivity index (χ1) is 21.1. The number of pyridine rings is 1. The molecule has 2 fully saturated rings. The lowest BCUT2D eigenvalue weighted by molar-refractivity contribution is -0.163. The molecule has 5 rings (SSSR count). The molecule has 10 nitrogen and oxygen atoms in total. The first-order valence-electron chi connectivity index (χ1n) is 16.5. The quantitative estimate of drug-likeness (QED) is 0.325. The molecular formula is C34H50N6O4. The van der Waals surface area contributed by atoms with Crippen molar-refractivity contribution in [3.8, 4) is 0 Å². The van der Waals surface area contributed by atoms with Crippen molar-refractivity contribution in [2.24, 2.45) is 11.8 Å². The molecule has 1 atom stereocenters. The Kier molecular flexibility index (Phi) is 10.3. The third kappa shape index (κ3) is 8.39. The fourth-order valence-corrected chi connectivity index (χ4v) is 6.54. The maximum absolute atomic E-state index is 13.1. The molecule has 2 N–H and O–H groups in total. The molecule has 1 saturated carbocycles. The van der Waals surface area contributed by atoms with Crippen LogP contribution in [0.2, 0.25) is 0 Å². The fourth-order valence-electron chi connectivity index (χ4n) is 6.54. The number of esters is 2. The number of piperidine rings is 1. The minimum absolute atomic E-state index is 0.0373. The molecular weight excluding hydrogens is 556 g/mol. The molecule has 2 aromatic rings. The van der Waals surface area contributed by atoms with Gasteiger partial charge >= 0.3 is 11.9 Å². The van der Waals surface area contributed by atoms with Crippen molar-refractivity contribution >= 4 is 29.4 Å². The first-order valence-corrected chi connectivity index (χ1v) is 16.5. The summed E-state index contributed by atoms with van der Waals surface area (Å²) in [5, 5.41) is 6.83. The van der Waals surface area contributed by atoms with Crippen molar-refractivity contribution in [2.75, 3.05) is 48.3 Å². The summed E-state index contributed by atoms with van der Waals surface area (Å²) in [6.07, 6.45) is 8.79. The summed E-state index contributed by atoms with van der Waals surface area (Å²) in [6.45, 7) is 12.8. The van der Waals surface area contributed by atoms with Crippen LogP contribution in [0.4, 0.5) is 17.5 Å². The maximum atomic E-state index is 13.1. The van der Waals surface area contributed by atoms with Crippen molar-refractivity contribution in [3.05, 3.63) is 34.8 Å². The number of fused-ring (bicyclic) bond motifs is 1. The van der Waals surface area contributed by atoms with Crippen LogP contribution in [0.3, 0.4) is 0 Å². The van der Waals surface area contributed by atoms with Crippen molar-refractivity contribution in [1.29, 1.82) is 0 Å². The number of anilines is 3. The van der Waals surface area contributed by atoms with Crippen molar-refractivity contribution in [1.82, 2.24) is 15.0 Å². The molecule has 4 heterocycles. The molecule has 0 aromatic carbocycles. The Morgan fingerprint density at radius 1 is 1.05 bits per heavy atom. The van der Waals surface area contributed by atoms with Gasteiger partial charge in [0.2, 0.25) is 0 Å². The van der Waals surface area contributed by atoms with Gasteiger partial charge in [-0.2, -0.15) is 0 Å². The standard InChI is InChI=1S/C34H50N6O4/c1-22-30(36-20-27(33(42)44-34(3,4)5)19-29(41)43-21-24-9-6-7-10-24)37-23(2)38-32(22)40-17-14-25(15-18-40)28-13-12-26-11-8-16-35-31(26)39-28/h12-13,24-25,27H,6-11,14-21H2,1-5H3,(H,35,39)(H,36,37,38)/t27-/m0/s1. The number of ether oxygens (including phenoxy) is 2. The third-order valence-electron chi connectivity index (χ3n) is 8.98. The molecule has 2 aliphatic heterocycles. The lowest BCUT2D eigenvalue weighted by Crippen LogP contribution is -2.35. The lowest BCUT2D eigenvalue weighted by Gasteiger charge is -2.34. The fraction of sp³-hybridized carbons (Fsp3) is 0.676. The van der Waals surface area contributed by atoms with Gasteiger partial charge < -0.3 is 25.0 Å². The van der Waals surface area contributed by atoms with E-state index in [9.17, 15) is 9.59 Å². The SMILES string of the molecule is Cc1nc(NC[C@H](CC(=O)OCC2CCCC2)C(=O)OC(C)(C)C)c(C)c(N2CCC(c3ccc4c(n3)NCCC4)CC2)n1. The van der Waals surface area contributed by atoms with Crippen LogP contribution in [-0.2, 0) is 25.5 Å². The van der Waals surface area contributed by atoms with E-state index in [0.717, 1.165) is 75.4 Å². The number of nitrogens with zero attached hydrogens (tertiary/aromatic N) is 4. The average molecular weight is 607 g/mol. The second-order valence-corrected chi connectivity index (χ2v) is 13.8. The normalized spacial score (nSPS) is 18.3. The van der Waals surface area contributed by atoms with Crippen molar-refractivity contribution in [3.63, 3.8) is 0 Å². The molecule has 0 bridgehead atoms. The number of hydrogen-bond donors (Lipinski definition) is 2. The minimum Gasteiger partial charge on any atom is -0.465 e. The van der Waals surface area contributed by atoms with Gasteiger partial charge in [-0.1, -0.05) is 18.9 Å². The van der Waals surface area contributed by atoms with Gasteiger partial charge in [0.15, 0.2) is 0 Å². The summed E-state index contributed by atoms with van der Waals surface area (Å²) >= 11 is 0. The van der Waals surface area contributed by atoms with Gasteiger partial charge in [0, 0.05) is 43.4 Å². The van der Waals surface area contributed by atoms with Gasteiger partial charge in [0.1, 0.15) is 28.9 Å². The van der Waals surface area contributed by atoms with Gasteiger partial charge in [-0.05, 0) is 90.7 Å². The zero-order valence-corrected chi connectivity index (χ0v) is 27.2. The van der Waals surface area contributed by atoms with E-state index in [1.165, 1.54) is 24.1 Å². The van der Waals surface area contributed by atoms with Gasteiger partial charge in [-0.25, -0.2) is 15.0 Å². The van der Waals surface area contributed by atoms with Crippen LogP contribution in [0.5, 0.6) is 0 Å². The van der Waals surface area contributed by atoms with E-state index in [2.05, 4.69) is 32.7 Å². The Hall–Kier alpha value is -3.43. The summed E-state index contributed by atoms with van der Waals surface area (Å²) in [5.41, 5.74) is 2.76. The Morgan fingerprint density at radius 3 is 2.52 bits per heavy atom. The topological polar surface area (TPSA) is 119 Å². The second-order valence-electron chi connectivity index (χ2n) is 13.8. The Balaban J connectivity index is 1.22. The van der Waals surface area contributed by atoms with E-state index in [0.29, 0.717) is 30.1 Å². The van der Waals surface area contributed by atoms with Crippen LogP contribution in [0.15, 0.2) is 12.1 Å². The highest BCUT2D eigenvalue weighted by Crippen LogP contribution is 2.33. The smallest absolute Gasteiger partial charge is 0.311 e. The number of hydrogen-bond acceptors (Lipinski definition) is 10. The zero-order chi connectivity index (χ0) is 31.3. The highest BCUT2D eigenvalue weighted by atomic mass is 16.6. The zero-order valence-electron chi connectivity index (χ0n) is 27.2. The van der Waals surface area contributed by atoms with E-state index in [-0.39, 0.29) is 18.9 Å². The maximum Gasteiger partial charge on any atom is 0.311 e. The highest BCUT2D eigenvalue weighted by molar-refractivity contribution is 5.81. The van der Waals surface area contributed by atoms with Crippen molar-refractivity contribution in [2.45, 2.75) is 104 Å². The Bertz CT molecular complexity index is 1310. The Labute approximate surface area is 262 Å². The van der Waals surface area contributed by atoms with Gasteiger partial charge in [-0.15, -0.1) is 0 Å². The molecule has 0 unspecified atom stereocenters. The summed E-state index contributed by atoms with van der Waals surface area (Å²) in [5.74, 6) is 2.66. The molecule has 44 heavy (non-hydrogen) atoms. The highest BCUT2D eigenvalue weighted by Gasteiger charge is 2.30. The van der Waals surface area contributed by atoms with E-state index < -0.39 is 17.5 Å². The molecule has 10 heteroatoms. The molecule has 0 spiro atoms. The van der Waals surface area contributed by atoms with E-state index in [1.807, 2.05) is 34.6 Å². The number of aromatic nitrogens is 3. The van der Waals surface area contributed by atoms with Crippen LogP contribution in [0, 0.1) is 25.7 Å². The molecule has 2 aromatic heterocycles. The molecule has 240 valence electrons. The van der Waals surface area contributed by atoms with Gasteiger partial charge in [-0.3, -0.25) is 9.59 Å². The molecule has 0 radical (unpaired) electrons. The lowest BCUT2D eigenvalue weighted by atomic mass is 9.92. The van der Waals surface area contributed by atoms with E-state index in [4.69, 9.17) is 19.4 Å². The van der Waals surface area contributed by atoms with Crippen molar-refractivity contribution < 1.29 is 19.1 Å². The van der Waals surface area contributed by atoms with E-state index in [1.54, 1.807) is 0 Å². The molecule has 1 saturated heterocycles. The van der Waals surface area contributed by atoms with Crippen LogP contribution >= 0.6 is 0 Å². The molecule has 0 amide bonds. The second kappa shape index (κ2) is 14.1. The number of rotatable bonds is 10. The average Bonchev–Trinajstić information content (AvgIpc) is 3.52. The van der Waals surface area contributed by atoms with Gasteiger partial charge in [0.25, 0.3) is 0 Å². The third-order valence-corrected chi connectivity index (χ3v) is 8.98. The predicted molar refractivity (Wildman–Crippen MR) is 172 cm³/mol. The number of aryl methyl sites for hydroxylation is 2. The van der Waals surface area contributed by atoms with Gasteiger partial charge in [0.05, 0.1) is 18.9 Å². The summed E-state index contributed by atoms with van der Waals surface area (Å²) in [6, 6.07) is 4.45. The van der Waals surface area contributed by atoms with Crippen LogP contribution in [0.1, 0.15) is 101 Å². The van der Waals surface area contributed by atoms with Crippen LogP contribution < -0.4 is 15.5 Å². The summed E-state index contributed by atoms with van der Waals surface area (Å²) in [4.78, 5) is 42.7.